The Kier molecular flexibility index (Phi) is 4.95. The van der Waals surface area contributed by atoms with Crippen LogP contribution in [0.2, 0.25) is 5.02 Å². The molecule has 0 bridgehead atoms. The van der Waals surface area contributed by atoms with Gasteiger partial charge in [0.2, 0.25) is 0 Å². The van der Waals surface area contributed by atoms with Crippen molar-refractivity contribution >= 4 is 23.7 Å². The van der Waals surface area contributed by atoms with Crippen molar-refractivity contribution in [2.24, 2.45) is 5.10 Å². The summed E-state index contributed by atoms with van der Waals surface area (Å²) in [5, 5.41) is 4.53. The molecule has 0 saturated carbocycles. The highest BCUT2D eigenvalue weighted by molar-refractivity contribution is 6.30. The molecule has 0 aromatic heterocycles. The lowest BCUT2D eigenvalue weighted by molar-refractivity contribution is 0.0955. The summed E-state index contributed by atoms with van der Waals surface area (Å²) in [6.45, 7) is 1.95. The van der Waals surface area contributed by atoms with Crippen LogP contribution in [0.5, 0.6) is 5.75 Å². The van der Waals surface area contributed by atoms with E-state index in [1.165, 1.54) is 0 Å². The van der Waals surface area contributed by atoms with Gasteiger partial charge in [0, 0.05) is 10.6 Å². The molecule has 2 aromatic rings. The molecule has 1 N–H and O–H groups in total. The monoisotopic (exact) mass is 302 g/mol. The summed E-state index contributed by atoms with van der Waals surface area (Å²) in [5.41, 5.74) is 4.86. The molecule has 0 aliphatic carbocycles. The second-order valence-corrected chi connectivity index (χ2v) is 4.87. The number of amides is 1. The highest BCUT2D eigenvalue weighted by atomic mass is 35.5. The van der Waals surface area contributed by atoms with Crippen molar-refractivity contribution in [2.75, 3.05) is 7.11 Å². The molecule has 0 aliphatic rings. The highest BCUT2D eigenvalue weighted by Crippen LogP contribution is 2.17. The summed E-state index contributed by atoms with van der Waals surface area (Å²) < 4.78 is 5.19. The summed E-state index contributed by atoms with van der Waals surface area (Å²) in [7, 11) is 1.63. The number of carbonyl (C=O) groups is 1. The van der Waals surface area contributed by atoms with Crippen LogP contribution in [-0.4, -0.2) is 19.2 Å². The Morgan fingerprint density at radius 3 is 2.57 bits per heavy atom. The first kappa shape index (κ1) is 15.1. The van der Waals surface area contributed by atoms with E-state index in [9.17, 15) is 4.79 Å². The Labute approximate surface area is 128 Å². The molecule has 108 valence electrons. The van der Waals surface area contributed by atoms with Crippen LogP contribution in [0.25, 0.3) is 0 Å². The molecule has 0 unspecified atom stereocenters. The fourth-order valence-corrected chi connectivity index (χ4v) is 1.94. The number of hydrazone groups is 1. The number of carbonyl (C=O) groups excluding carboxylic acids is 1. The quantitative estimate of drug-likeness (QED) is 0.695. The van der Waals surface area contributed by atoms with Gasteiger partial charge in [-0.3, -0.25) is 4.79 Å². The van der Waals surface area contributed by atoms with Gasteiger partial charge in [0.25, 0.3) is 5.91 Å². The molecular formula is C16H15ClN2O2. The predicted molar refractivity (Wildman–Crippen MR) is 84.2 cm³/mol. The summed E-state index contributed by atoms with van der Waals surface area (Å²) in [6.07, 6.45) is 1.58. The first-order valence-corrected chi connectivity index (χ1v) is 6.71. The third-order valence-corrected chi connectivity index (χ3v) is 3.16. The van der Waals surface area contributed by atoms with Crippen molar-refractivity contribution in [1.29, 1.82) is 0 Å². The van der Waals surface area contributed by atoms with Gasteiger partial charge in [0.1, 0.15) is 5.75 Å². The maximum absolute atomic E-state index is 11.8. The first-order valence-electron chi connectivity index (χ1n) is 6.34. The number of nitrogens with one attached hydrogen (secondary N) is 1. The van der Waals surface area contributed by atoms with Crippen molar-refractivity contribution < 1.29 is 9.53 Å². The van der Waals surface area contributed by atoms with Gasteiger partial charge in [0.05, 0.1) is 13.3 Å². The molecule has 5 heteroatoms. The van der Waals surface area contributed by atoms with Gasteiger partial charge in [-0.1, -0.05) is 11.6 Å². The zero-order valence-electron chi connectivity index (χ0n) is 11.8. The number of hydrogen-bond donors (Lipinski definition) is 1. The van der Waals surface area contributed by atoms with Gasteiger partial charge >= 0.3 is 0 Å². The molecule has 0 radical (unpaired) electrons. The fraction of sp³-hybridized carbons (Fsp3) is 0.125. The molecule has 0 spiro atoms. The average Bonchev–Trinajstić information content (AvgIpc) is 2.48. The number of hydrogen-bond acceptors (Lipinski definition) is 3. The number of aryl methyl sites for hydroxylation is 1. The minimum Gasteiger partial charge on any atom is -0.496 e. The molecule has 1 amide bonds. The maximum Gasteiger partial charge on any atom is 0.271 e. The molecule has 0 atom stereocenters. The fourth-order valence-electron chi connectivity index (χ4n) is 1.81. The topological polar surface area (TPSA) is 50.7 Å². The molecule has 0 heterocycles. The van der Waals surface area contributed by atoms with Gasteiger partial charge < -0.3 is 4.74 Å². The van der Waals surface area contributed by atoms with Crippen molar-refractivity contribution in [1.82, 2.24) is 5.43 Å². The molecule has 21 heavy (non-hydrogen) atoms. The van der Waals surface area contributed by atoms with Crippen molar-refractivity contribution in [3.05, 3.63) is 64.2 Å². The zero-order valence-corrected chi connectivity index (χ0v) is 12.5. The van der Waals surface area contributed by atoms with E-state index in [-0.39, 0.29) is 5.91 Å². The Bertz CT molecular complexity index is 666. The van der Waals surface area contributed by atoms with Gasteiger partial charge in [-0.15, -0.1) is 0 Å². The van der Waals surface area contributed by atoms with Crippen LogP contribution >= 0.6 is 11.6 Å². The average molecular weight is 303 g/mol. The maximum atomic E-state index is 11.8. The van der Waals surface area contributed by atoms with E-state index in [0.717, 1.165) is 16.9 Å². The van der Waals surface area contributed by atoms with Crippen LogP contribution in [0.3, 0.4) is 0 Å². The van der Waals surface area contributed by atoms with Crippen molar-refractivity contribution in [3.63, 3.8) is 0 Å². The minimum absolute atomic E-state index is 0.284. The molecule has 4 nitrogen and oxygen atoms in total. The van der Waals surface area contributed by atoms with Gasteiger partial charge in [-0.05, 0) is 60.5 Å². The Morgan fingerprint density at radius 1 is 1.24 bits per heavy atom. The smallest absolute Gasteiger partial charge is 0.271 e. The number of methoxy groups -OCH3 is 1. The second-order valence-electron chi connectivity index (χ2n) is 4.44. The number of ether oxygens (including phenoxy) is 1. The lowest BCUT2D eigenvalue weighted by atomic mass is 10.1. The lowest BCUT2D eigenvalue weighted by Gasteiger charge is -2.04. The zero-order chi connectivity index (χ0) is 15.2. The third kappa shape index (κ3) is 4.07. The van der Waals surface area contributed by atoms with Crippen LogP contribution in [0.1, 0.15) is 21.5 Å². The molecule has 2 aromatic carbocycles. The minimum atomic E-state index is -0.284. The van der Waals surface area contributed by atoms with Gasteiger partial charge in [-0.2, -0.15) is 5.10 Å². The van der Waals surface area contributed by atoms with Crippen LogP contribution in [0.4, 0.5) is 0 Å². The van der Waals surface area contributed by atoms with Crippen LogP contribution in [-0.2, 0) is 0 Å². The van der Waals surface area contributed by atoms with E-state index in [1.54, 1.807) is 37.6 Å². The summed E-state index contributed by atoms with van der Waals surface area (Å²) in [5.74, 6) is 0.533. The van der Waals surface area contributed by atoms with Crippen molar-refractivity contribution in [2.45, 2.75) is 6.92 Å². The van der Waals surface area contributed by atoms with Gasteiger partial charge in [-0.25, -0.2) is 5.43 Å². The Balaban J connectivity index is 2.00. The normalized spacial score (nSPS) is 10.6. The van der Waals surface area contributed by atoms with E-state index in [2.05, 4.69) is 10.5 Å². The van der Waals surface area contributed by atoms with E-state index in [1.807, 2.05) is 25.1 Å². The predicted octanol–water partition coefficient (Wildman–Crippen LogP) is 3.42. The molecular weight excluding hydrogens is 288 g/mol. The standard InChI is InChI=1S/C16H15ClN2O2/c1-11-9-12(3-8-15(11)21-2)10-18-19-16(20)13-4-6-14(17)7-5-13/h3-10H,1-2H3,(H,19,20)/b18-10+. The molecule has 2 rings (SSSR count). The Morgan fingerprint density at radius 2 is 1.95 bits per heavy atom. The largest absolute Gasteiger partial charge is 0.496 e. The lowest BCUT2D eigenvalue weighted by Crippen LogP contribution is -2.17. The molecule has 0 aliphatic heterocycles. The summed E-state index contributed by atoms with van der Waals surface area (Å²) in [4.78, 5) is 11.8. The molecule has 0 saturated heterocycles. The first-order chi connectivity index (χ1) is 10.1. The SMILES string of the molecule is COc1ccc(/C=N/NC(=O)c2ccc(Cl)cc2)cc1C. The van der Waals surface area contributed by atoms with Gasteiger partial charge in [0.15, 0.2) is 0 Å². The highest BCUT2D eigenvalue weighted by Gasteiger charge is 2.03. The second kappa shape index (κ2) is 6.90. The number of rotatable bonds is 4. The third-order valence-electron chi connectivity index (χ3n) is 2.91. The number of benzene rings is 2. The number of halogens is 1. The number of nitrogens with zero attached hydrogens (tertiary/aromatic N) is 1. The van der Waals surface area contributed by atoms with Crippen LogP contribution in [0, 0.1) is 6.92 Å². The Hall–Kier alpha value is -2.33. The summed E-state index contributed by atoms with van der Waals surface area (Å²) in [6, 6.07) is 12.3. The molecule has 0 fully saturated rings. The van der Waals surface area contributed by atoms with Crippen molar-refractivity contribution in [3.8, 4) is 5.75 Å². The van der Waals surface area contributed by atoms with Crippen LogP contribution in [0.15, 0.2) is 47.6 Å². The van der Waals surface area contributed by atoms with E-state index in [0.29, 0.717) is 10.6 Å². The van der Waals surface area contributed by atoms with E-state index >= 15 is 0 Å². The van der Waals surface area contributed by atoms with Crippen LogP contribution < -0.4 is 10.2 Å². The summed E-state index contributed by atoms with van der Waals surface area (Å²) >= 11 is 5.77. The van der Waals surface area contributed by atoms with E-state index < -0.39 is 0 Å². The van der Waals surface area contributed by atoms with E-state index in [4.69, 9.17) is 16.3 Å².